The van der Waals surface area contributed by atoms with Gasteiger partial charge in [-0.1, -0.05) is 103 Å². The SMILES string of the molecule is CCCCCCOc1ccc(C2=CCC(/C=C/CCC3CCC(CCCCC)CC3)CC2)c(F)c1F. The van der Waals surface area contributed by atoms with Crippen LogP contribution in [0.25, 0.3) is 5.57 Å². The zero-order chi connectivity index (χ0) is 25.6. The molecule has 0 heterocycles. The number of rotatable bonds is 15. The number of hydrogen-bond acceptors (Lipinski definition) is 1. The molecule has 36 heavy (non-hydrogen) atoms. The van der Waals surface area contributed by atoms with Crippen LogP contribution < -0.4 is 4.74 Å². The number of ether oxygens (including phenoxy) is 1. The summed E-state index contributed by atoms with van der Waals surface area (Å²) in [4.78, 5) is 0. The third-order valence-corrected chi connectivity index (χ3v) is 8.43. The Kier molecular flexibility index (Phi) is 13.1. The fourth-order valence-electron chi connectivity index (χ4n) is 5.99. The molecule has 0 saturated heterocycles. The van der Waals surface area contributed by atoms with E-state index < -0.39 is 11.6 Å². The Labute approximate surface area is 219 Å². The monoisotopic (exact) mass is 500 g/mol. The molecule has 0 amide bonds. The predicted molar refractivity (Wildman–Crippen MR) is 149 cm³/mol. The average molecular weight is 501 g/mol. The number of unbranched alkanes of at least 4 members (excludes halogenated alkanes) is 5. The minimum absolute atomic E-state index is 0.0370. The molecule has 202 valence electrons. The maximum absolute atomic E-state index is 14.8. The highest BCUT2D eigenvalue weighted by Gasteiger charge is 2.21. The van der Waals surface area contributed by atoms with Gasteiger partial charge in [0.05, 0.1) is 6.61 Å². The molecule has 2 aliphatic rings. The second-order valence-corrected chi connectivity index (χ2v) is 11.3. The Bertz CT molecular complexity index is 819. The van der Waals surface area contributed by atoms with Gasteiger partial charge in [0.1, 0.15) is 0 Å². The van der Waals surface area contributed by atoms with Crippen molar-refractivity contribution in [2.45, 2.75) is 123 Å². The first-order valence-electron chi connectivity index (χ1n) is 15.1. The molecule has 0 bridgehead atoms. The van der Waals surface area contributed by atoms with Crippen molar-refractivity contribution in [3.05, 3.63) is 47.6 Å². The van der Waals surface area contributed by atoms with Crippen molar-refractivity contribution in [3.63, 3.8) is 0 Å². The molecule has 3 heteroatoms. The van der Waals surface area contributed by atoms with E-state index in [2.05, 4.69) is 32.1 Å². The van der Waals surface area contributed by atoms with E-state index >= 15 is 0 Å². The first-order chi connectivity index (χ1) is 17.6. The van der Waals surface area contributed by atoms with Gasteiger partial charge in [-0.25, -0.2) is 4.39 Å². The molecule has 0 aliphatic heterocycles. The van der Waals surface area contributed by atoms with Gasteiger partial charge in [-0.3, -0.25) is 0 Å². The van der Waals surface area contributed by atoms with Crippen LogP contribution in [0.15, 0.2) is 30.4 Å². The summed E-state index contributed by atoms with van der Waals surface area (Å²) in [7, 11) is 0. The summed E-state index contributed by atoms with van der Waals surface area (Å²) in [6.45, 7) is 4.88. The zero-order valence-electron chi connectivity index (χ0n) is 23.0. The molecule has 0 N–H and O–H groups in total. The normalized spacial score (nSPS) is 22.7. The van der Waals surface area contributed by atoms with E-state index in [1.165, 1.54) is 64.2 Å². The van der Waals surface area contributed by atoms with Gasteiger partial charge in [-0.2, -0.15) is 4.39 Å². The Morgan fingerprint density at radius 1 is 0.833 bits per heavy atom. The number of hydrogen-bond donors (Lipinski definition) is 0. The summed E-state index contributed by atoms with van der Waals surface area (Å²) in [6.07, 6.45) is 27.6. The minimum atomic E-state index is -0.846. The Hall–Kier alpha value is -1.64. The van der Waals surface area contributed by atoms with Crippen LogP contribution >= 0.6 is 0 Å². The lowest BCUT2D eigenvalue weighted by atomic mass is 9.78. The lowest BCUT2D eigenvalue weighted by Crippen LogP contribution is -2.14. The van der Waals surface area contributed by atoms with Crippen LogP contribution in [0.1, 0.15) is 129 Å². The van der Waals surface area contributed by atoms with E-state index in [-0.39, 0.29) is 5.75 Å². The maximum atomic E-state index is 14.8. The summed E-state index contributed by atoms with van der Waals surface area (Å²) >= 11 is 0. The van der Waals surface area contributed by atoms with Gasteiger partial charge in [-0.15, -0.1) is 0 Å². The van der Waals surface area contributed by atoms with Gasteiger partial charge < -0.3 is 4.74 Å². The maximum Gasteiger partial charge on any atom is 0.201 e. The van der Waals surface area contributed by atoms with Gasteiger partial charge in [0, 0.05) is 5.56 Å². The molecule has 2 aliphatic carbocycles. The van der Waals surface area contributed by atoms with Gasteiger partial charge >= 0.3 is 0 Å². The highest BCUT2D eigenvalue weighted by Crippen LogP contribution is 2.36. The lowest BCUT2D eigenvalue weighted by Gasteiger charge is -2.28. The fraction of sp³-hybridized carbons (Fsp3) is 0.697. The number of allylic oxidation sites excluding steroid dienone is 4. The summed E-state index contributed by atoms with van der Waals surface area (Å²) in [5, 5.41) is 0. The first-order valence-corrected chi connectivity index (χ1v) is 15.1. The quantitative estimate of drug-likeness (QED) is 0.172. The van der Waals surface area contributed by atoms with E-state index in [4.69, 9.17) is 4.74 Å². The highest BCUT2D eigenvalue weighted by molar-refractivity contribution is 5.67. The summed E-state index contributed by atoms with van der Waals surface area (Å²) in [5.41, 5.74) is 1.33. The van der Waals surface area contributed by atoms with Crippen molar-refractivity contribution < 1.29 is 13.5 Å². The van der Waals surface area contributed by atoms with E-state index in [1.807, 2.05) is 0 Å². The van der Waals surface area contributed by atoms with Crippen molar-refractivity contribution in [1.29, 1.82) is 0 Å². The zero-order valence-corrected chi connectivity index (χ0v) is 23.0. The van der Waals surface area contributed by atoms with Crippen molar-refractivity contribution in [2.75, 3.05) is 6.61 Å². The third-order valence-electron chi connectivity index (χ3n) is 8.43. The summed E-state index contributed by atoms with van der Waals surface area (Å²) in [5.74, 6) is 0.846. The van der Waals surface area contributed by atoms with Crippen molar-refractivity contribution in [3.8, 4) is 5.75 Å². The fourth-order valence-corrected chi connectivity index (χ4v) is 5.99. The molecule has 3 rings (SSSR count). The molecule has 1 fully saturated rings. The Morgan fingerprint density at radius 2 is 1.56 bits per heavy atom. The van der Waals surface area contributed by atoms with Gasteiger partial charge in [0.15, 0.2) is 11.6 Å². The molecule has 0 spiro atoms. The Balaban J connectivity index is 1.38. The first kappa shape index (κ1) is 28.9. The van der Waals surface area contributed by atoms with Gasteiger partial charge in [-0.05, 0) is 74.0 Å². The molecule has 1 aromatic carbocycles. The van der Waals surface area contributed by atoms with E-state index in [0.717, 1.165) is 62.4 Å². The highest BCUT2D eigenvalue weighted by atomic mass is 19.2. The minimum Gasteiger partial charge on any atom is -0.490 e. The van der Waals surface area contributed by atoms with Gasteiger partial charge in [0.2, 0.25) is 5.82 Å². The average Bonchev–Trinajstić information content (AvgIpc) is 2.90. The standard InChI is InChI=1S/C33H50F2O/c1-3-5-7-11-25-36-31-24-23-30(32(34)33(31)35)29-21-19-28(20-22-29)14-10-9-13-27-17-15-26(16-18-27)12-8-6-4-2/h10,14,21,23-24,26-28H,3-9,11-13,15-20,22,25H2,1-2H3/b14-10+. The van der Waals surface area contributed by atoms with E-state index in [1.54, 1.807) is 12.1 Å². The smallest absolute Gasteiger partial charge is 0.201 e. The molecule has 1 saturated carbocycles. The largest absolute Gasteiger partial charge is 0.490 e. The van der Waals surface area contributed by atoms with Crippen molar-refractivity contribution >= 4 is 5.57 Å². The summed E-state index contributed by atoms with van der Waals surface area (Å²) < 4.78 is 34.9. The van der Waals surface area contributed by atoms with Crippen LogP contribution in [-0.2, 0) is 0 Å². The molecular formula is C33H50F2O. The molecule has 1 aromatic rings. The second-order valence-electron chi connectivity index (χ2n) is 11.3. The molecule has 1 unspecified atom stereocenters. The van der Waals surface area contributed by atoms with E-state index in [9.17, 15) is 8.78 Å². The van der Waals surface area contributed by atoms with Crippen LogP contribution in [0.2, 0.25) is 0 Å². The predicted octanol–water partition coefficient (Wildman–Crippen LogP) is 10.8. The van der Waals surface area contributed by atoms with Crippen LogP contribution in [0.4, 0.5) is 8.78 Å². The molecule has 0 radical (unpaired) electrons. The van der Waals surface area contributed by atoms with Crippen LogP contribution in [0.3, 0.4) is 0 Å². The Morgan fingerprint density at radius 3 is 2.25 bits per heavy atom. The van der Waals surface area contributed by atoms with Crippen LogP contribution in [-0.4, -0.2) is 6.61 Å². The lowest BCUT2D eigenvalue weighted by molar-refractivity contribution is 0.250. The summed E-state index contributed by atoms with van der Waals surface area (Å²) in [6, 6.07) is 3.29. The molecular weight excluding hydrogens is 450 g/mol. The topological polar surface area (TPSA) is 9.23 Å². The third kappa shape index (κ3) is 9.34. The molecule has 1 nitrogen and oxygen atoms in total. The van der Waals surface area contributed by atoms with Crippen LogP contribution in [0, 0.1) is 29.4 Å². The van der Waals surface area contributed by atoms with E-state index in [0.29, 0.717) is 18.1 Å². The second kappa shape index (κ2) is 16.3. The number of benzene rings is 1. The van der Waals surface area contributed by atoms with Crippen LogP contribution in [0.5, 0.6) is 5.75 Å². The van der Waals surface area contributed by atoms with Crippen molar-refractivity contribution in [1.82, 2.24) is 0 Å². The number of halogens is 2. The van der Waals surface area contributed by atoms with Gasteiger partial charge in [0.25, 0.3) is 0 Å². The van der Waals surface area contributed by atoms with Crippen molar-refractivity contribution in [2.24, 2.45) is 17.8 Å². The molecule has 0 aromatic heterocycles. The molecule has 1 atom stereocenters.